The molecule has 186 valence electrons. The van der Waals surface area contributed by atoms with Gasteiger partial charge >= 0.3 is 5.97 Å². The summed E-state index contributed by atoms with van der Waals surface area (Å²) in [7, 11) is 1.56. The van der Waals surface area contributed by atoms with E-state index in [0.29, 0.717) is 29.4 Å². The SMILES string of the molecule is CCOC(=O)C1=C(N)N(c2c(F)cc(F)cc2Br)C2=C(C(=O)CCC2)C12C(=O)N(C)c1ccccc12. The summed E-state index contributed by atoms with van der Waals surface area (Å²) >= 11 is 3.20. The molecule has 7 nitrogen and oxygen atoms in total. The van der Waals surface area contributed by atoms with E-state index in [0.717, 1.165) is 6.07 Å². The summed E-state index contributed by atoms with van der Waals surface area (Å²) < 4.78 is 34.6. The maximum atomic E-state index is 15.3. The lowest BCUT2D eigenvalue weighted by atomic mass is 9.63. The van der Waals surface area contributed by atoms with E-state index >= 15 is 4.39 Å². The van der Waals surface area contributed by atoms with E-state index in [-0.39, 0.29) is 52.4 Å². The average Bonchev–Trinajstić information content (AvgIpc) is 3.03. The summed E-state index contributed by atoms with van der Waals surface area (Å²) in [5.74, 6) is -3.82. The smallest absolute Gasteiger partial charge is 0.339 e. The van der Waals surface area contributed by atoms with Gasteiger partial charge in [-0.3, -0.25) is 14.5 Å². The number of anilines is 2. The average molecular weight is 558 g/mol. The Labute approximate surface area is 214 Å². The molecule has 10 heteroatoms. The molecule has 0 saturated heterocycles. The molecule has 1 spiro atoms. The van der Waals surface area contributed by atoms with Crippen molar-refractivity contribution in [3.63, 3.8) is 0 Å². The Bertz CT molecular complexity index is 1400. The number of nitrogens with zero attached hydrogens (tertiary/aromatic N) is 2. The number of Topliss-reactive ketones (excluding diaryl/α,β-unsaturated/α-hetero) is 1. The van der Waals surface area contributed by atoms with E-state index in [1.54, 1.807) is 38.2 Å². The summed E-state index contributed by atoms with van der Waals surface area (Å²) in [5.41, 5.74) is 5.64. The van der Waals surface area contributed by atoms with Gasteiger partial charge in [-0.1, -0.05) is 18.2 Å². The Hall–Kier alpha value is -3.53. The molecule has 2 aromatic rings. The molecule has 3 aliphatic rings. The number of esters is 1. The Morgan fingerprint density at radius 3 is 2.61 bits per heavy atom. The van der Waals surface area contributed by atoms with Crippen LogP contribution in [0, 0.1) is 11.6 Å². The van der Waals surface area contributed by atoms with Crippen molar-refractivity contribution in [1.29, 1.82) is 0 Å². The lowest BCUT2D eigenvalue weighted by molar-refractivity contribution is -0.140. The maximum Gasteiger partial charge on any atom is 0.339 e. The van der Waals surface area contributed by atoms with E-state index in [9.17, 15) is 18.8 Å². The summed E-state index contributed by atoms with van der Waals surface area (Å²) in [6.07, 6.45) is 0.844. The molecule has 2 heterocycles. The lowest BCUT2D eigenvalue weighted by Gasteiger charge is -2.44. The summed E-state index contributed by atoms with van der Waals surface area (Å²) in [5, 5.41) is 0. The quantitative estimate of drug-likeness (QED) is 0.568. The number of amides is 1. The zero-order chi connectivity index (χ0) is 25.9. The van der Waals surface area contributed by atoms with Crippen LogP contribution in [0.4, 0.5) is 20.2 Å². The zero-order valence-electron chi connectivity index (χ0n) is 19.5. The number of fused-ring (bicyclic) bond motifs is 3. The van der Waals surface area contributed by atoms with Crippen molar-refractivity contribution >= 4 is 45.0 Å². The number of ether oxygens (including phenoxy) is 1. The molecular weight excluding hydrogens is 536 g/mol. The zero-order valence-corrected chi connectivity index (χ0v) is 21.1. The van der Waals surface area contributed by atoms with Crippen LogP contribution in [-0.4, -0.2) is 31.3 Å². The highest BCUT2D eigenvalue weighted by Crippen LogP contribution is 2.57. The number of halogens is 3. The Kier molecular flexibility index (Phi) is 5.74. The maximum absolute atomic E-state index is 15.3. The fourth-order valence-corrected chi connectivity index (χ4v) is 6.14. The van der Waals surface area contributed by atoms with Gasteiger partial charge in [-0.25, -0.2) is 13.6 Å². The third kappa shape index (κ3) is 3.09. The number of nitrogens with two attached hydrogens (primary N) is 1. The molecule has 36 heavy (non-hydrogen) atoms. The number of hydrogen-bond acceptors (Lipinski definition) is 6. The highest BCUT2D eigenvalue weighted by molar-refractivity contribution is 9.10. The van der Waals surface area contributed by atoms with Gasteiger partial charge in [0.25, 0.3) is 0 Å². The fraction of sp³-hybridized carbons (Fsp3) is 0.269. The first-order valence-electron chi connectivity index (χ1n) is 11.4. The molecule has 1 aliphatic carbocycles. The van der Waals surface area contributed by atoms with E-state index in [2.05, 4.69) is 15.9 Å². The second kappa shape index (κ2) is 8.55. The van der Waals surface area contributed by atoms with Gasteiger partial charge in [-0.2, -0.15) is 0 Å². The number of carbonyl (C=O) groups is 3. The second-order valence-electron chi connectivity index (χ2n) is 8.76. The number of para-hydroxylation sites is 1. The van der Waals surface area contributed by atoms with Gasteiger partial charge in [0.05, 0.1) is 12.3 Å². The Morgan fingerprint density at radius 2 is 1.92 bits per heavy atom. The molecular formula is C26H22BrF2N3O4. The molecule has 0 radical (unpaired) electrons. The molecule has 0 fully saturated rings. The molecule has 2 N–H and O–H groups in total. The molecule has 2 aromatic carbocycles. The minimum Gasteiger partial charge on any atom is -0.462 e. The summed E-state index contributed by atoms with van der Waals surface area (Å²) in [6, 6.07) is 8.61. The van der Waals surface area contributed by atoms with Crippen molar-refractivity contribution in [3.05, 3.63) is 80.7 Å². The minimum absolute atomic E-state index is 0.0220. The van der Waals surface area contributed by atoms with E-state index < -0.39 is 28.9 Å². The summed E-state index contributed by atoms with van der Waals surface area (Å²) in [6.45, 7) is 1.58. The molecule has 1 amide bonds. The number of hydrogen-bond donors (Lipinski definition) is 1. The van der Waals surface area contributed by atoms with Gasteiger partial charge < -0.3 is 15.4 Å². The standard InChI is InChI=1S/C26H22BrF2N3O4/c1-3-36-24(34)21-23(30)32(22-15(27)11-13(28)12-16(22)29)18-9-6-10-19(33)20(18)26(21)14-7-4-5-8-17(14)31(2)25(26)35/h4-5,7-8,11-12H,3,6,9-10,30H2,1-2H3. The third-order valence-corrected chi connectivity index (χ3v) is 7.49. The first-order valence-corrected chi connectivity index (χ1v) is 12.2. The van der Waals surface area contributed by atoms with Crippen molar-refractivity contribution in [3.8, 4) is 0 Å². The van der Waals surface area contributed by atoms with Gasteiger partial charge in [-0.15, -0.1) is 0 Å². The number of benzene rings is 2. The molecule has 2 aliphatic heterocycles. The van der Waals surface area contributed by atoms with Crippen molar-refractivity contribution in [1.82, 2.24) is 0 Å². The molecule has 5 rings (SSSR count). The summed E-state index contributed by atoms with van der Waals surface area (Å²) in [4.78, 5) is 44.0. The van der Waals surface area contributed by atoms with Crippen LogP contribution in [0.15, 0.2) is 63.5 Å². The Morgan fingerprint density at radius 1 is 1.19 bits per heavy atom. The van der Waals surface area contributed by atoms with Crippen LogP contribution in [-0.2, 0) is 24.5 Å². The first kappa shape index (κ1) is 24.2. The van der Waals surface area contributed by atoms with Crippen LogP contribution in [0.3, 0.4) is 0 Å². The van der Waals surface area contributed by atoms with Crippen LogP contribution in [0.5, 0.6) is 0 Å². The van der Waals surface area contributed by atoms with Crippen LogP contribution >= 0.6 is 15.9 Å². The fourth-order valence-electron chi connectivity index (χ4n) is 5.56. The predicted octanol–water partition coefficient (Wildman–Crippen LogP) is 4.20. The lowest BCUT2D eigenvalue weighted by Crippen LogP contribution is -2.54. The van der Waals surface area contributed by atoms with Crippen LogP contribution in [0.1, 0.15) is 31.7 Å². The van der Waals surface area contributed by atoms with Gasteiger partial charge in [-0.05, 0) is 47.8 Å². The minimum atomic E-state index is -1.85. The normalized spacial score (nSPS) is 21.4. The molecule has 1 atom stereocenters. The molecule has 0 aromatic heterocycles. The number of allylic oxidation sites excluding steroid dienone is 1. The first-order chi connectivity index (χ1) is 17.2. The van der Waals surface area contributed by atoms with Gasteiger partial charge in [0, 0.05) is 46.5 Å². The number of carbonyl (C=O) groups excluding carboxylic acids is 3. The largest absolute Gasteiger partial charge is 0.462 e. The van der Waals surface area contributed by atoms with Crippen molar-refractivity contribution in [2.24, 2.45) is 5.73 Å². The molecule has 1 unspecified atom stereocenters. The molecule has 0 saturated carbocycles. The van der Waals surface area contributed by atoms with Crippen molar-refractivity contribution in [2.75, 3.05) is 23.5 Å². The van der Waals surface area contributed by atoms with Crippen molar-refractivity contribution < 1.29 is 27.9 Å². The highest BCUT2D eigenvalue weighted by atomic mass is 79.9. The number of likely N-dealkylation sites (N-methyl/N-ethyl adjacent to an activating group) is 1. The highest BCUT2D eigenvalue weighted by Gasteiger charge is 2.63. The number of ketones is 1. The number of rotatable bonds is 3. The van der Waals surface area contributed by atoms with Crippen LogP contribution in [0.2, 0.25) is 0 Å². The van der Waals surface area contributed by atoms with E-state index in [4.69, 9.17) is 10.5 Å². The van der Waals surface area contributed by atoms with Gasteiger partial charge in [0.2, 0.25) is 5.91 Å². The monoisotopic (exact) mass is 557 g/mol. The van der Waals surface area contributed by atoms with E-state index in [1.807, 2.05) is 0 Å². The van der Waals surface area contributed by atoms with Crippen LogP contribution in [0.25, 0.3) is 0 Å². The molecule has 0 bridgehead atoms. The van der Waals surface area contributed by atoms with Crippen molar-refractivity contribution in [2.45, 2.75) is 31.6 Å². The third-order valence-electron chi connectivity index (χ3n) is 6.88. The van der Waals surface area contributed by atoms with Crippen LogP contribution < -0.4 is 15.5 Å². The van der Waals surface area contributed by atoms with E-state index in [1.165, 1.54) is 9.80 Å². The topological polar surface area (TPSA) is 92.9 Å². The van der Waals surface area contributed by atoms with Gasteiger partial charge in [0.15, 0.2) is 11.6 Å². The Balaban J connectivity index is 1.94. The predicted molar refractivity (Wildman–Crippen MR) is 132 cm³/mol. The second-order valence-corrected chi connectivity index (χ2v) is 9.62. The van der Waals surface area contributed by atoms with Gasteiger partial charge in [0.1, 0.15) is 22.6 Å².